The number of esters is 1. The minimum atomic E-state index is -0.689. The zero-order valence-corrected chi connectivity index (χ0v) is 15.8. The molecule has 1 N–H and O–H groups in total. The third-order valence-electron chi connectivity index (χ3n) is 4.22. The fourth-order valence-electron chi connectivity index (χ4n) is 2.68. The summed E-state index contributed by atoms with van der Waals surface area (Å²) in [6.45, 7) is 1.36. The first kappa shape index (κ1) is 19.1. The van der Waals surface area contributed by atoms with Crippen LogP contribution < -0.4 is 5.32 Å². The fourth-order valence-corrected chi connectivity index (χ4v) is 3.20. The molecule has 1 aliphatic heterocycles. The zero-order chi connectivity index (χ0) is 19.6. The molecule has 0 saturated carbocycles. The van der Waals surface area contributed by atoms with E-state index in [1.165, 1.54) is 6.08 Å². The summed E-state index contributed by atoms with van der Waals surface area (Å²) < 4.78 is 4.98. The fraction of sp³-hybridized carbons (Fsp3) is 0.150. The van der Waals surface area contributed by atoms with E-state index in [-0.39, 0.29) is 17.6 Å². The first-order chi connectivity index (χ1) is 12.9. The Kier molecular flexibility index (Phi) is 5.63. The topological polar surface area (TPSA) is 72.5 Å². The van der Waals surface area contributed by atoms with Crippen LogP contribution in [0, 0.1) is 0 Å². The molecule has 0 aliphatic carbocycles. The van der Waals surface area contributed by atoms with E-state index in [0.29, 0.717) is 26.9 Å². The first-order valence-corrected chi connectivity index (χ1v) is 8.89. The second kappa shape index (κ2) is 7.94. The Bertz CT molecular complexity index is 948. The zero-order valence-electron chi connectivity index (χ0n) is 14.3. The van der Waals surface area contributed by atoms with Gasteiger partial charge in [-0.25, -0.2) is 4.79 Å². The summed E-state index contributed by atoms with van der Waals surface area (Å²) in [5.74, 6) is -1.48. The van der Waals surface area contributed by atoms with Crippen LogP contribution in [0.1, 0.15) is 34.3 Å². The number of amides is 1. The third-order valence-corrected chi connectivity index (χ3v) is 4.88. The SMILES string of the molecule is C[C@@H]1C(=O)Nc2ccc(C(=O)COC(=O)/C=C/c3c(Cl)cccc3Cl)cc21. The van der Waals surface area contributed by atoms with Gasteiger partial charge in [-0.3, -0.25) is 9.59 Å². The van der Waals surface area contributed by atoms with E-state index in [0.717, 1.165) is 11.6 Å². The lowest BCUT2D eigenvalue weighted by molar-refractivity contribution is -0.136. The van der Waals surface area contributed by atoms with E-state index < -0.39 is 12.6 Å². The van der Waals surface area contributed by atoms with Gasteiger partial charge in [0.15, 0.2) is 12.4 Å². The average Bonchev–Trinajstić information content (AvgIpc) is 2.93. The van der Waals surface area contributed by atoms with Crippen LogP contribution in [-0.4, -0.2) is 24.3 Å². The van der Waals surface area contributed by atoms with Gasteiger partial charge < -0.3 is 10.1 Å². The molecule has 3 rings (SSSR count). The molecule has 1 aliphatic rings. The minimum Gasteiger partial charge on any atom is -0.454 e. The summed E-state index contributed by atoms with van der Waals surface area (Å²) in [6.07, 6.45) is 2.60. The number of ether oxygens (including phenoxy) is 1. The van der Waals surface area contributed by atoms with Crippen LogP contribution in [-0.2, 0) is 14.3 Å². The molecule has 0 spiro atoms. The molecule has 1 atom stereocenters. The number of hydrogen-bond acceptors (Lipinski definition) is 4. The van der Waals surface area contributed by atoms with Gasteiger partial charge in [-0.2, -0.15) is 0 Å². The molecule has 5 nitrogen and oxygen atoms in total. The van der Waals surface area contributed by atoms with Crippen LogP contribution in [0.3, 0.4) is 0 Å². The lowest BCUT2D eigenvalue weighted by atomic mass is 9.99. The number of rotatable bonds is 5. The molecule has 2 aromatic rings. The Labute approximate surface area is 165 Å². The quantitative estimate of drug-likeness (QED) is 0.453. The largest absolute Gasteiger partial charge is 0.454 e. The van der Waals surface area contributed by atoms with Crippen molar-refractivity contribution < 1.29 is 19.1 Å². The monoisotopic (exact) mass is 403 g/mol. The van der Waals surface area contributed by atoms with E-state index in [9.17, 15) is 14.4 Å². The van der Waals surface area contributed by atoms with Crippen LogP contribution in [0.5, 0.6) is 0 Å². The lowest BCUT2D eigenvalue weighted by Crippen LogP contribution is -2.13. The van der Waals surface area contributed by atoms with Gasteiger partial charge in [0, 0.05) is 32.9 Å². The van der Waals surface area contributed by atoms with Gasteiger partial charge in [-0.05, 0) is 48.9 Å². The molecule has 1 heterocycles. The van der Waals surface area contributed by atoms with E-state index >= 15 is 0 Å². The van der Waals surface area contributed by atoms with Crippen molar-refractivity contribution in [3.05, 3.63) is 69.2 Å². The predicted molar refractivity (Wildman–Crippen MR) is 104 cm³/mol. The number of anilines is 1. The van der Waals surface area contributed by atoms with Gasteiger partial charge in [-0.1, -0.05) is 29.3 Å². The molecule has 27 heavy (non-hydrogen) atoms. The molecule has 0 fully saturated rings. The third kappa shape index (κ3) is 4.21. The van der Waals surface area contributed by atoms with Crippen molar-refractivity contribution in [1.82, 2.24) is 0 Å². The van der Waals surface area contributed by atoms with Crippen molar-refractivity contribution in [2.24, 2.45) is 0 Å². The highest BCUT2D eigenvalue weighted by molar-refractivity contribution is 6.37. The summed E-state index contributed by atoms with van der Waals surface area (Å²) in [5.41, 5.74) is 2.32. The van der Waals surface area contributed by atoms with Gasteiger partial charge in [-0.15, -0.1) is 0 Å². The first-order valence-electron chi connectivity index (χ1n) is 8.13. The molecular formula is C20H15Cl2NO4. The number of ketones is 1. The average molecular weight is 404 g/mol. The number of benzene rings is 2. The Morgan fingerprint density at radius 2 is 1.89 bits per heavy atom. The number of carbonyl (C=O) groups is 3. The summed E-state index contributed by atoms with van der Waals surface area (Å²) in [6, 6.07) is 9.90. The molecule has 0 unspecified atom stereocenters. The van der Waals surface area contributed by atoms with Crippen LogP contribution >= 0.6 is 23.2 Å². The second-order valence-corrected chi connectivity index (χ2v) is 6.83. The molecule has 0 radical (unpaired) electrons. The number of halogens is 2. The normalized spacial score (nSPS) is 15.5. The predicted octanol–water partition coefficient (Wildman–Crippen LogP) is 4.49. The summed E-state index contributed by atoms with van der Waals surface area (Å²) >= 11 is 12.0. The summed E-state index contributed by atoms with van der Waals surface area (Å²) in [4.78, 5) is 35.8. The molecule has 2 aromatic carbocycles. The maximum atomic E-state index is 12.3. The molecule has 0 saturated heterocycles. The van der Waals surface area contributed by atoms with Crippen molar-refractivity contribution in [3.63, 3.8) is 0 Å². The van der Waals surface area contributed by atoms with E-state index in [2.05, 4.69) is 5.32 Å². The van der Waals surface area contributed by atoms with Crippen molar-refractivity contribution in [2.75, 3.05) is 11.9 Å². The van der Waals surface area contributed by atoms with E-state index in [4.69, 9.17) is 27.9 Å². The Balaban J connectivity index is 1.62. The van der Waals surface area contributed by atoms with Crippen LogP contribution in [0.4, 0.5) is 5.69 Å². The highest BCUT2D eigenvalue weighted by Crippen LogP contribution is 2.32. The molecule has 7 heteroatoms. The van der Waals surface area contributed by atoms with Crippen molar-refractivity contribution in [3.8, 4) is 0 Å². The van der Waals surface area contributed by atoms with Crippen LogP contribution in [0.15, 0.2) is 42.5 Å². The Hall–Kier alpha value is -2.63. The minimum absolute atomic E-state index is 0.107. The van der Waals surface area contributed by atoms with Crippen molar-refractivity contribution >= 4 is 52.6 Å². The molecule has 0 bridgehead atoms. The number of fused-ring (bicyclic) bond motifs is 1. The lowest BCUT2D eigenvalue weighted by Gasteiger charge is -2.06. The van der Waals surface area contributed by atoms with Gasteiger partial charge in [0.05, 0.1) is 5.92 Å². The molecular weight excluding hydrogens is 389 g/mol. The van der Waals surface area contributed by atoms with E-state index in [1.807, 2.05) is 0 Å². The molecule has 138 valence electrons. The highest BCUT2D eigenvalue weighted by Gasteiger charge is 2.27. The highest BCUT2D eigenvalue weighted by atomic mass is 35.5. The summed E-state index contributed by atoms with van der Waals surface area (Å²) in [5, 5.41) is 3.54. The van der Waals surface area contributed by atoms with Gasteiger partial charge in [0.25, 0.3) is 0 Å². The van der Waals surface area contributed by atoms with Crippen molar-refractivity contribution in [2.45, 2.75) is 12.8 Å². The van der Waals surface area contributed by atoms with Gasteiger partial charge in [0.2, 0.25) is 5.91 Å². The number of Topliss-reactive ketones (excluding diaryl/α,β-unsaturated/α-hetero) is 1. The summed E-state index contributed by atoms with van der Waals surface area (Å²) in [7, 11) is 0. The number of nitrogens with one attached hydrogen (secondary N) is 1. The number of hydrogen-bond donors (Lipinski definition) is 1. The maximum absolute atomic E-state index is 12.3. The second-order valence-electron chi connectivity index (χ2n) is 6.01. The van der Waals surface area contributed by atoms with Crippen LogP contribution in [0.2, 0.25) is 10.0 Å². The Morgan fingerprint density at radius 1 is 1.19 bits per heavy atom. The number of carbonyl (C=O) groups excluding carboxylic acids is 3. The van der Waals surface area contributed by atoms with Gasteiger partial charge >= 0.3 is 5.97 Å². The van der Waals surface area contributed by atoms with Crippen LogP contribution in [0.25, 0.3) is 6.08 Å². The Morgan fingerprint density at radius 3 is 2.59 bits per heavy atom. The maximum Gasteiger partial charge on any atom is 0.331 e. The van der Waals surface area contributed by atoms with Gasteiger partial charge in [0.1, 0.15) is 0 Å². The van der Waals surface area contributed by atoms with Crippen molar-refractivity contribution in [1.29, 1.82) is 0 Å². The smallest absolute Gasteiger partial charge is 0.331 e. The van der Waals surface area contributed by atoms with E-state index in [1.54, 1.807) is 43.3 Å². The molecule has 1 amide bonds. The standard InChI is InChI=1S/C20H15Cl2NO4/c1-11-14-9-12(5-7-17(14)23-20(11)26)18(24)10-27-19(25)8-6-13-15(21)3-2-4-16(13)22/h2-9,11H,10H2,1H3,(H,23,26)/b8-6+/t11-/m0/s1. The molecule has 0 aromatic heterocycles.